The SMILES string of the molecule is CCN(CCN)c1cccc(C(N)=O)n1. The Bertz CT molecular complexity index is 340. The van der Waals surface area contributed by atoms with E-state index in [9.17, 15) is 4.79 Å². The van der Waals surface area contributed by atoms with Crippen LogP contribution in [-0.4, -0.2) is 30.5 Å². The van der Waals surface area contributed by atoms with Gasteiger partial charge in [-0.1, -0.05) is 6.07 Å². The summed E-state index contributed by atoms with van der Waals surface area (Å²) in [7, 11) is 0. The van der Waals surface area contributed by atoms with Gasteiger partial charge in [0.1, 0.15) is 11.5 Å². The third kappa shape index (κ3) is 2.92. The zero-order valence-corrected chi connectivity index (χ0v) is 8.81. The Morgan fingerprint density at radius 2 is 2.27 bits per heavy atom. The quantitative estimate of drug-likeness (QED) is 0.711. The monoisotopic (exact) mass is 208 g/mol. The van der Waals surface area contributed by atoms with Crippen molar-refractivity contribution in [3.05, 3.63) is 23.9 Å². The molecule has 82 valence electrons. The highest BCUT2D eigenvalue weighted by molar-refractivity contribution is 5.91. The summed E-state index contributed by atoms with van der Waals surface area (Å²) in [4.78, 5) is 17.1. The molecule has 4 N–H and O–H groups in total. The number of nitrogens with two attached hydrogens (primary N) is 2. The minimum absolute atomic E-state index is 0.281. The number of carbonyl (C=O) groups is 1. The average Bonchev–Trinajstić information content (AvgIpc) is 2.26. The average molecular weight is 208 g/mol. The van der Waals surface area contributed by atoms with Crippen molar-refractivity contribution in [2.45, 2.75) is 6.92 Å². The highest BCUT2D eigenvalue weighted by Gasteiger charge is 2.07. The van der Waals surface area contributed by atoms with Crippen LogP contribution in [0.25, 0.3) is 0 Å². The van der Waals surface area contributed by atoms with E-state index >= 15 is 0 Å². The second kappa shape index (κ2) is 5.31. The van der Waals surface area contributed by atoms with E-state index < -0.39 is 5.91 Å². The Labute approximate surface area is 89.1 Å². The van der Waals surface area contributed by atoms with E-state index in [1.807, 2.05) is 17.9 Å². The number of pyridine rings is 1. The molecular weight excluding hydrogens is 192 g/mol. The molecule has 0 atom stereocenters. The third-order valence-electron chi connectivity index (χ3n) is 2.09. The largest absolute Gasteiger partial charge is 0.364 e. The van der Waals surface area contributed by atoms with E-state index in [0.717, 1.165) is 12.4 Å². The molecule has 0 spiro atoms. The van der Waals surface area contributed by atoms with E-state index in [1.54, 1.807) is 12.1 Å². The minimum atomic E-state index is -0.513. The highest BCUT2D eigenvalue weighted by Crippen LogP contribution is 2.10. The van der Waals surface area contributed by atoms with Crippen molar-refractivity contribution in [1.82, 2.24) is 4.98 Å². The number of rotatable bonds is 5. The molecule has 15 heavy (non-hydrogen) atoms. The lowest BCUT2D eigenvalue weighted by atomic mass is 10.3. The van der Waals surface area contributed by atoms with Gasteiger partial charge in [-0.2, -0.15) is 0 Å². The lowest BCUT2D eigenvalue weighted by Gasteiger charge is -2.21. The van der Waals surface area contributed by atoms with Crippen LogP contribution in [0.3, 0.4) is 0 Å². The molecule has 0 aliphatic rings. The fourth-order valence-corrected chi connectivity index (χ4v) is 1.33. The van der Waals surface area contributed by atoms with Crippen LogP contribution in [0.1, 0.15) is 17.4 Å². The van der Waals surface area contributed by atoms with E-state index in [4.69, 9.17) is 11.5 Å². The van der Waals surface area contributed by atoms with E-state index in [1.165, 1.54) is 0 Å². The summed E-state index contributed by atoms with van der Waals surface area (Å²) in [6.45, 7) is 4.07. The van der Waals surface area contributed by atoms with Crippen molar-refractivity contribution in [2.24, 2.45) is 11.5 Å². The standard InChI is InChI=1S/C10H16N4O/c1-2-14(7-6-11)9-5-3-4-8(13-9)10(12)15/h3-5H,2,6-7,11H2,1H3,(H2,12,15). The predicted octanol–water partition coefficient (Wildman–Crippen LogP) is -0.0345. The number of aromatic nitrogens is 1. The van der Waals surface area contributed by atoms with Gasteiger partial charge < -0.3 is 16.4 Å². The topological polar surface area (TPSA) is 85.2 Å². The molecule has 0 saturated carbocycles. The highest BCUT2D eigenvalue weighted by atomic mass is 16.1. The number of anilines is 1. The molecule has 1 amide bonds. The molecular formula is C10H16N4O. The van der Waals surface area contributed by atoms with Gasteiger partial charge in [-0.05, 0) is 19.1 Å². The Morgan fingerprint density at radius 3 is 2.80 bits per heavy atom. The lowest BCUT2D eigenvalue weighted by Crippen LogP contribution is -2.30. The number of hydrogen-bond donors (Lipinski definition) is 2. The Morgan fingerprint density at radius 1 is 1.53 bits per heavy atom. The number of amides is 1. The van der Waals surface area contributed by atoms with Crippen LogP contribution in [0, 0.1) is 0 Å². The first-order valence-electron chi connectivity index (χ1n) is 4.91. The first-order chi connectivity index (χ1) is 7.19. The smallest absolute Gasteiger partial charge is 0.267 e. The first kappa shape index (κ1) is 11.5. The molecule has 1 heterocycles. The van der Waals surface area contributed by atoms with Gasteiger partial charge >= 0.3 is 0 Å². The summed E-state index contributed by atoms with van der Waals surface area (Å²) in [6.07, 6.45) is 0. The number of hydrogen-bond acceptors (Lipinski definition) is 4. The number of nitrogens with zero attached hydrogens (tertiary/aromatic N) is 2. The number of carbonyl (C=O) groups excluding carboxylic acids is 1. The molecule has 1 aromatic heterocycles. The van der Waals surface area contributed by atoms with Crippen LogP contribution >= 0.6 is 0 Å². The van der Waals surface area contributed by atoms with Crippen molar-refractivity contribution in [2.75, 3.05) is 24.5 Å². The lowest BCUT2D eigenvalue weighted by molar-refractivity contribution is 0.0995. The van der Waals surface area contributed by atoms with Crippen molar-refractivity contribution in [3.63, 3.8) is 0 Å². The van der Waals surface area contributed by atoms with Crippen LogP contribution in [0.4, 0.5) is 5.82 Å². The molecule has 0 fully saturated rings. The molecule has 5 nitrogen and oxygen atoms in total. The van der Waals surface area contributed by atoms with Crippen LogP contribution in [0.15, 0.2) is 18.2 Å². The maximum absolute atomic E-state index is 10.9. The van der Waals surface area contributed by atoms with Crippen LogP contribution in [0.2, 0.25) is 0 Å². The van der Waals surface area contributed by atoms with Gasteiger partial charge in [-0.3, -0.25) is 4.79 Å². The minimum Gasteiger partial charge on any atom is -0.364 e. The zero-order valence-electron chi connectivity index (χ0n) is 8.81. The van der Waals surface area contributed by atoms with Gasteiger partial charge in [-0.25, -0.2) is 4.98 Å². The molecule has 0 bridgehead atoms. The van der Waals surface area contributed by atoms with Crippen LogP contribution in [0.5, 0.6) is 0 Å². The predicted molar refractivity (Wildman–Crippen MR) is 59.7 cm³/mol. The Kier molecular flexibility index (Phi) is 4.05. The molecule has 0 aromatic carbocycles. The normalized spacial score (nSPS) is 10.0. The van der Waals surface area contributed by atoms with E-state index in [2.05, 4.69) is 4.98 Å². The van der Waals surface area contributed by atoms with Gasteiger partial charge in [0.05, 0.1) is 0 Å². The third-order valence-corrected chi connectivity index (χ3v) is 2.09. The van der Waals surface area contributed by atoms with Gasteiger partial charge in [0.25, 0.3) is 5.91 Å². The van der Waals surface area contributed by atoms with Gasteiger partial charge in [0, 0.05) is 19.6 Å². The van der Waals surface area contributed by atoms with Crippen molar-refractivity contribution in [1.29, 1.82) is 0 Å². The van der Waals surface area contributed by atoms with Gasteiger partial charge in [0.15, 0.2) is 0 Å². The summed E-state index contributed by atoms with van der Waals surface area (Å²) < 4.78 is 0. The second-order valence-corrected chi connectivity index (χ2v) is 3.11. The Hall–Kier alpha value is -1.62. The van der Waals surface area contributed by atoms with Crippen molar-refractivity contribution in [3.8, 4) is 0 Å². The first-order valence-corrected chi connectivity index (χ1v) is 4.91. The molecule has 0 saturated heterocycles. The second-order valence-electron chi connectivity index (χ2n) is 3.11. The molecule has 0 aliphatic heterocycles. The molecule has 1 rings (SSSR count). The van der Waals surface area contributed by atoms with Gasteiger partial charge in [-0.15, -0.1) is 0 Å². The zero-order chi connectivity index (χ0) is 11.3. The molecule has 5 heteroatoms. The maximum Gasteiger partial charge on any atom is 0.267 e. The molecule has 1 aromatic rings. The van der Waals surface area contributed by atoms with Crippen molar-refractivity contribution >= 4 is 11.7 Å². The summed E-state index contributed by atoms with van der Waals surface area (Å²) >= 11 is 0. The summed E-state index contributed by atoms with van der Waals surface area (Å²) in [5, 5.41) is 0. The van der Waals surface area contributed by atoms with Crippen LogP contribution in [-0.2, 0) is 0 Å². The van der Waals surface area contributed by atoms with Crippen LogP contribution < -0.4 is 16.4 Å². The molecule has 0 unspecified atom stereocenters. The fraction of sp³-hybridized carbons (Fsp3) is 0.400. The number of likely N-dealkylation sites (N-methyl/N-ethyl adjacent to an activating group) is 1. The van der Waals surface area contributed by atoms with E-state index in [-0.39, 0.29) is 5.69 Å². The summed E-state index contributed by atoms with van der Waals surface area (Å²) in [5.74, 6) is 0.222. The number of primary amides is 1. The van der Waals surface area contributed by atoms with Gasteiger partial charge in [0.2, 0.25) is 0 Å². The van der Waals surface area contributed by atoms with Crippen molar-refractivity contribution < 1.29 is 4.79 Å². The summed E-state index contributed by atoms with van der Waals surface area (Å²) in [6, 6.07) is 5.20. The fourth-order valence-electron chi connectivity index (χ4n) is 1.33. The summed E-state index contributed by atoms with van der Waals surface area (Å²) in [5.41, 5.74) is 10.9. The molecule has 0 aliphatic carbocycles. The van der Waals surface area contributed by atoms with E-state index in [0.29, 0.717) is 13.1 Å². The maximum atomic E-state index is 10.9. The Balaban J connectivity index is 2.92. The molecule has 0 radical (unpaired) electrons.